The lowest BCUT2D eigenvalue weighted by Gasteiger charge is -2.09. The predicted molar refractivity (Wildman–Crippen MR) is 64.9 cm³/mol. The number of oxazole rings is 1. The summed E-state index contributed by atoms with van der Waals surface area (Å²) >= 11 is 0. The first kappa shape index (κ1) is 13.6. The van der Waals surface area contributed by atoms with Gasteiger partial charge in [0.05, 0.1) is 14.2 Å². The molecular weight excluding hydrogens is 250 g/mol. The maximum absolute atomic E-state index is 11.6. The lowest BCUT2D eigenvalue weighted by Crippen LogP contribution is -2.10. The van der Waals surface area contributed by atoms with Gasteiger partial charge in [0.15, 0.2) is 5.89 Å². The fourth-order valence-electron chi connectivity index (χ4n) is 2.47. The highest BCUT2D eigenvalue weighted by Crippen LogP contribution is 2.39. The number of ether oxygens (including phenoxy) is 2. The van der Waals surface area contributed by atoms with Gasteiger partial charge in [-0.05, 0) is 18.8 Å². The molecule has 2 atom stereocenters. The highest BCUT2D eigenvalue weighted by Gasteiger charge is 2.34. The van der Waals surface area contributed by atoms with Crippen LogP contribution in [0.2, 0.25) is 0 Å². The van der Waals surface area contributed by atoms with Gasteiger partial charge in [-0.1, -0.05) is 13.3 Å². The number of rotatable bonds is 3. The molecule has 1 aliphatic rings. The molecule has 2 unspecified atom stereocenters. The highest BCUT2D eigenvalue weighted by molar-refractivity contribution is 5.99. The minimum Gasteiger partial charge on any atom is -0.464 e. The van der Waals surface area contributed by atoms with Crippen LogP contribution in [0.3, 0.4) is 0 Å². The van der Waals surface area contributed by atoms with E-state index in [-0.39, 0.29) is 17.4 Å². The van der Waals surface area contributed by atoms with Crippen LogP contribution in [0, 0.1) is 5.92 Å². The molecule has 2 rings (SSSR count). The van der Waals surface area contributed by atoms with E-state index in [2.05, 4.69) is 21.4 Å². The zero-order valence-electron chi connectivity index (χ0n) is 11.3. The van der Waals surface area contributed by atoms with E-state index in [4.69, 9.17) is 4.42 Å². The second kappa shape index (κ2) is 5.42. The standard InChI is InChI=1S/C13H17NO5/c1-7-5-4-6-8(7)11-14-9(12(15)17-2)10(19-11)13(16)18-3/h7-8H,4-6H2,1-3H3. The fraction of sp³-hybridized carbons (Fsp3) is 0.615. The van der Waals surface area contributed by atoms with Crippen molar-refractivity contribution in [2.45, 2.75) is 32.1 Å². The predicted octanol–water partition coefficient (Wildman–Crippen LogP) is 2.15. The van der Waals surface area contributed by atoms with Crippen molar-refractivity contribution >= 4 is 11.9 Å². The SMILES string of the molecule is COC(=O)c1nc(C2CCCC2C)oc1C(=O)OC. The Bertz CT molecular complexity index is 460. The number of carbonyl (C=O) groups excluding carboxylic acids is 2. The average molecular weight is 267 g/mol. The lowest BCUT2D eigenvalue weighted by atomic mass is 9.98. The van der Waals surface area contributed by atoms with Gasteiger partial charge < -0.3 is 13.9 Å². The summed E-state index contributed by atoms with van der Waals surface area (Å²) in [5.41, 5.74) is -0.108. The molecule has 0 spiro atoms. The summed E-state index contributed by atoms with van der Waals surface area (Å²) in [5.74, 6) is -0.600. The van der Waals surface area contributed by atoms with Crippen LogP contribution in [0.25, 0.3) is 0 Å². The van der Waals surface area contributed by atoms with Crippen molar-refractivity contribution < 1.29 is 23.5 Å². The quantitative estimate of drug-likeness (QED) is 0.781. The Balaban J connectivity index is 2.39. The first-order valence-electron chi connectivity index (χ1n) is 6.25. The second-order valence-corrected chi connectivity index (χ2v) is 4.73. The maximum atomic E-state index is 11.6. The van der Waals surface area contributed by atoms with E-state index in [0.717, 1.165) is 19.3 Å². The summed E-state index contributed by atoms with van der Waals surface area (Å²) in [6.45, 7) is 2.11. The number of hydrogen-bond acceptors (Lipinski definition) is 6. The summed E-state index contributed by atoms with van der Waals surface area (Å²) in [4.78, 5) is 27.4. The largest absolute Gasteiger partial charge is 0.464 e. The molecule has 0 aromatic carbocycles. The van der Waals surface area contributed by atoms with E-state index in [0.29, 0.717) is 11.8 Å². The molecule has 104 valence electrons. The van der Waals surface area contributed by atoms with Gasteiger partial charge in [-0.2, -0.15) is 0 Å². The lowest BCUT2D eigenvalue weighted by molar-refractivity contribution is 0.0525. The Morgan fingerprint density at radius 3 is 2.42 bits per heavy atom. The number of methoxy groups -OCH3 is 2. The minimum absolute atomic E-state index is 0.108. The molecule has 0 saturated heterocycles. The van der Waals surface area contributed by atoms with Crippen LogP contribution in [0.15, 0.2) is 4.42 Å². The number of esters is 2. The molecular formula is C13H17NO5. The highest BCUT2D eigenvalue weighted by atomic mass is 16.5. The van der Waals surface area contributed by atoms with Crippen LogP contribution in [-0.4, -0.2) is 31.1 Å². The molecule has 1 heterocycles. The number of carbonyl (C=O) groups is 2. The Hall–Kier alpha value is -1.85. The summed E-state index contributed by atoms with van der Waals surface area (Å²) in [6, 6.07) is 0. The summed E-state index contributed by atoms with van der Waals surface area (Å²) in [7, 11) is 2.46. The Morgan fingerprint density at radius 1 is 1.21 bits per heavy atom. The van der Waals surface area contributed by atoms with E-state index in [1.807, 2.05) is 0 Å². The van der Waals surface area contributed by atoms with Crippen LogP contribution in [0.5, 0.6) is 0 Å². The van der Waals surface area contributed by atoms with Crippen molar-refractivity contribution in [1.29, 1.82) is 0 Å². The van der Waals surface area contributed by atoms with Gasteiger partial charge in [0.1, 0.15) is 0 Å². The van der Waals surface area contributed by atoms with Crippen molar-refractivity contribution in [2.24, 2.45) is 5.92 Å². The van der Waals surface area contributed by atoms with Gasteiger partial charge >= 0.3 is 11.9 Å². The van der Waals surface area contributed by atoms with Gasteiger partial charge in [-0.3, -0.25) is 0 Å². The van der Waals surface area contributed by atoms with Crippen molar-refractivity contribution in [1.82, 2.24) is 4.98 Å². The van der Waals surface area contributed by atoms with Crippen LogP contribution in [0.1, 0.15) is 59.0 Å². The molecule has 1 saturated carbocycles. The van der Waals surface area contributed by atoms with Crippen LogP contribution < -0.4 is 0 Å². The third-order valence-electron chi connectivity index (χ3n) is 3.57. The number of aromatic nitrogens is 1. The molecule has 1 aromatic rings. The molecule has 0 bridgehead atoms. The van der Waals surface area contributed by atoms with Crippen molar-refractivity contribution in [3.05, 3.63) is 17.3 Å². The summed E-state index contributed by atoms with van der Waals surface area (Å²) in [5, 5.41) is 0. The molecule has 1 fully saturated rings. The molecule has 1 aliphatic carbocycles. The van der Waals surface area contributed by atoms with E-state index < -0.39 is 11.9 Å². The fourth-order valence-corrected chi connectivity index (χ4v) is 2.47. The molecule has 6 heteroatoms. The molecule has 0 aliphatic heterocycles. The van der Waals surface area contributed by atoms with Gasteiger partial charge in [0, 0.05) is 5.92 Å². The van der Waals surface area contributed by atoms with E-state index >= 15 is 0 Å². The van der Waals surface area contributed by atoms with Crippen LogP contribution in [-0.2, 0) is 9.47 Å². The molecule has 1 aromatic heterocycles. The Kier molecular flexibility index (Phi) is 3.87. The first-order chi connectivity index (χ1) is 9.08. The van der Waals surface area contributed by atoms with Crippen LogP contribution in [0.4, 0.5) is 0 Å². The van der Waals surface area contributed by atoms with Gasteiger partial charge in [0.25, 0.3) is 0 Å². The molecule has 0 N–H and O–H groups in total. The summed E-state index contributed by atoms with van der Waals surface area (Å²) < 4.78 is 14.7. The molecule has 6 nitrogen and oxygen atoms in total. The Morgan fingerprint density at radius 2 is 1.89 bits per heavy atom. The zero-order chi connectivity index (χ0) is 14.0. The topological polar surface area (TPSA) is 78.6 Å². The molecule has 0 radical (unpaired) electrons. The third-order valence-corrected chi connectivity index (χ3v) is 3.57. The maximum Gasteiger partial charge on any atom is 0.376 e. The Labute approximate surface area is 111 Å². The summed E-state index contributed by atoms with van der Waals surface area (Å²) in [6.07, 6.45) is 3.13. The number of nitrogens with zero attached hydrogens (tertiary/aromatic N) is 1. The molecule has 0 amide bonds. The molecule has 19 heavy (non-hydrogen) atoms. The normalized spacial score (nSPS) is 22.3. The van der Waals surface area contributed by atoms with Crippen molar-refractivity contribution in [3.63, 3.8) is 0 Å². The van der Waals surface area contributed by atoms with Gasteiger partial charge in [0.2, 0.25) is 11.5 Å². The monoisotopic (exact) mass is 267 g/mol. The smallest absolute Gasteiger partial charge is 0.376 e. The van der Waals surface area contributed by atoms with Crippen molar-refractivity contribution in [3.8, 4) is 0 Å². The van der Waals surface area contributed by atoms with E-state index in [1.165, 1.54) is 14.2 Å². The van der Waals surface area contributed by atoms with E-state index in [1.54, 1.807) is 0 Å². The third kappa shape index (κ3) is 2.47. The van der Waals surface area contributed by atoms with Gasteiger partial charge in [-0.15, -0.1) is 0 Å². The minimum atomic E-state index is -0.718. The second-order valence-electron chi connectivity index (χ2n) is 4.73. The number of hydrogen-bond donors (Lipinski definition) is 0. The van der Waals surface area contributed by atoms with Gasteiger partial charge in [-0.25, -0.2) is 14.6 Å². The average Bonchev–Trinajstić information content (AvgIpc) is 3.02. The zero-order valence-corrected chi connectivity index (χ0v) is 11.3. The first-order valence-corrected chi connectivity index (χ1v) is 6.25. The van der Waals surface area contributed by atoms with Crippen LogP contribution >= 0.6 is 0 Å². The van der Waals surface area contributed by atoms with Crippen molar-refractivity contribution in [2.75, 3.05) is 14.2 Å². The van der Waals surface area contributed by atoms with E-state index in [9.17, 15) is 9.59 Å².